The summed E-state index contributed by atoms with van der Waals surface area (Å²) in [6.45, 7) is -0.380. The summed E-state index contributed by atoms with van der Waals surface area (Å²) in [5, 5.41) is 21.0. The topological polar surface area (TPSA) is 114 Å². The Balaban J connectivity index is 2.54. The predicted molar refractivity (Wildman–Crippen MR) is 69.9 cm³/mol. The van der Waals surface area contributed by atoms with Gasteiger partial charge in [0.25, 0.3) is 11.7 Å². The van der Waals surface area contributed by atoms with Crippen molar-refractivity contribution in [3.8, 4) is 0 Å². The lowest BCUT2D eigenvalue weighted by atomic mass is 9.87. The van der Waals surface area contributed by atoms with Gasteiger partial charge in [-0.15, -0.1) is 0 Å². The number of aliphatic imine (C=N–C) groups is 1. The molecule has 0 saturated heterocycles. The van der Waals surface area contributed by atoms with Gasteiger partial charge in [-0.05, 0) is 13.0 Å². The number of amides is 1. The lowest BCUT2D eigenvalue weighted by molar-refractivity contribution is -0.385. The largest absolute Gasteiger partial charge is 0.465 e. The number of rotatable bonds is 2. The number of nitrogens with zero attached hydrogens (tertiary/aromatic N) is 2. The lowest BCUT2D eigenvalue weighted by Crippen LogP contribution is -2.54. The fourth-order valence-corrected chi connectivity index (χ4v) is 2.02. The monoisotopic (exact) mass is 333 g/mol. The molecule has 1 aromatic rings. The Morgan fingerprint density at radius 3 is 2.74 bits per heavy atom. The van der Waals surface area contributed by atoms with Gasteiger partial charge in [0.1, 0.15) is 12.4 Å². The molecule has 0 saturated carbocycles. The third kappa shape index (κ3) is 2.89. The smallest absolute Gasteiger partial charge is 0.412 e. The maximum absolute atomic E-state index is 14.2. The van der Waals surface area contributed by atoms with Crippen molar-refractivity contribution >= 4 is 17.8 Å². The van der Waals surface area contributed by atoms with E-state index in [2.05, 4.69) is 4.99 Å². The van der Waals surface area contributed by atoms with E-state index in [-0.39, 0.29) is 0 Å². The molecule has 0 radical (unpaired) electrons. The van der Waals surface area contributed by atoms with Gasteiger partial charge in [-0.25, -0.2) is 19.5 Å². The number of ether oxygens (including phenoxy) is 1. The Morgan fingerprint density at radius 1 is 1.52 bits per heavy atom. The Hall–Kier alpha value is -2.85. The van der Waals surface area contributed by atoms with E-state index in [0.717, 1.165) is 13.0 Å². The van der Waals surface area contributed by atoms with Crippen LogP contribution in [-0.2, 0) is 10.3 Å². The summed E-state index contributed by atoms with van der Waals surface area (Å²) in [4.78, 5) is 23.7. The Labute approximate surface area is 126 Å². The Morgan fingerprint density at radius 2 is 2.17 bits per heavy atom. The zero-order valence-electron chi connectivity index (χ0n) is 11.5. The number of hydrogen-bond acceptors (Lipinski definition) is 5. The van der Waals surface area contributed by atoms with Crippen molar-refractivity contribution in [1.29, 1.82) is 0 Å². The summed E-state index contributed by atoms with van der Waals surface area (Å²) in [5.41, 5.74) is -4.07. The Bertz CT molecular complexity index is 709. The first-order valence-corrected chi connectivity index (χ1v) is 6.12. The van der Waals surface area contributed by atoms with E-state index in [0.29, 0.717) is 12.1 Å². The van der Waals surface area contributed by atoms with Crippen LogP contribution in [-0.4, -0.2) is 34.6 Å². The molecule has 1 heterocycles. The fraction of sp³-hybridized carbons (Fsp3) is 0.333. The molecule has 1 atom stereocenters. The molecule has 0 aliphatic carbocycles. The van der Waals surface area contributed by atoms with Gasteiger partial charge in [-0.1, -0.05) is 0 Å². The maximum atomic E-state index is 14.2. The van der Waals surface area contributed by atoms with E-state index in [1.54, 1.807) is 5.32 Å². The summed E-state index contributed by atoms with van der Waals surface area (Å²) in [5.74, 6) is -4.89. The molecule has 0 bridgehead atoms. The molecule has 1 aliphatic heterocycles. The normalized spacial score (nSPS) is 22.7. The average molecular weight is 333 g/mol. The minimum Gasteiger partial charge on any atom is -0.465 e. The predicted octanol–water partition coefficient (Wildman–Crippen LogP) is 2.24. The zero-order chi connectivity index (χ0) is 17.4. The molecule has 2 N–H and O–H groups in total. The van der Waals surface area contributed by atoms with Crippen LogP contribution >= 0.6 is 0 Å². The van der Waals surface area contributed by atoms with Crippen molar-refractivity contribution in [2.75, 3.05) is 6.54 Å². The van der Waals surface area contributed by atoms with Crippen molar-refractivity contribution in [1.82, 2.24) is 5.32 Å². The van der Waals surface area contributed by atoms with E-state index in [4.69, 9.17) is 9.84 Å². The molecule has 1 amide bonds. The molecule has 2 rings (SSSR count). The highest BCUT2D eigenvalue weighted by Gasteiger charge is 2.58. The lowest BCUT2D eigenvalue weighted by Gasteiger charge is -2.39. The third-order valence-electron chi connectivity index (χ3n) is 3.31. The highest BCUT2D eigenvalue weighted by atomic mass is 19.3. The number of nitro groups is 1. The standard InChI is InChI=1S/C12H10F3N3O5/c1-11(7-4-6(18(21)22)2-3-8(7)13)12(14,15)5-16-9(23-11)17-10(19)20/h2-4H,5H2,1H3,(H,16,17)(H,19,20)/t11-/m1/s1. The van der Waals surface area contributed by atoms with Crippen LogP contribution in [0.2, 0.25) is 0 Å². The molecule has 11 heteroatoms. The number of nitro benzene ring substituents is 1. The van der Waals surface area contributed by atoms with Crippen molar-refractivity contribution in [3.63, 3.8) is 0 Å². The van der Waals surface area contributed by atoms with Crippen LogP contribution in [0.3, 0.4) is 0 Å². The zero-order valence-corrected chi connectivity index (χ0v) is 11.5. The molecule has 23 heavy (non-hydrogen) atoms. The van der Waals surface area contributed by atoms with E-state index in [9.17, 15) is 28.1 Å². The van der Waals surface area contributed by atoms with Gasteiger partial charge >= 0.3 is 12.0 Å². The van der Waals surface area contributed by atoms with Crippen molar-refractivity contribution in [3.05, 3.63) is 39.7 Å². The second-order valence-corrected chi connectivity index (χ2v) is 4.81. The van der Waals surface area contributed by atoms with Gasteiger partial charge in [0.05, 0.1) is 4.92 Å². The maximum Gasteiger partial charge on any atom is 0.412 e. The van der Waals surface area contributed by atoms with Crippen LogP contribution in [0.25, 0.3) is 0 Å². The van der Waals surface area contributed by atoms with Gasteiger partial charge in [0.2, 0.25) is 5.60 Å². The third-order valence-corrected chi connectivity index (χ3v) is 3.31. The van der Waals surface area contributed by atoms with Crippen LogP contribution in [0, 0.1) is 15.9 Å². The first kappa shape index (κ1) is 16.5. The quantitative estimate of drug-likeness (QED) is 0.636. The summed E-state index contributed by atoms with van der Waals surface area (Å²) in [7, 11) is 0. The highest BCUT2D eigenvalue weighted by molar-refractivity contribution is 5.90. The number of halogens is 3. The van der Waals surface area contributed by atoms with Crippen molar-refractivity contribution < 1.29 is 32.7 Å². The highest BCUT2D eigenvalue weighted by Crippen LogP contribution is 2.45. The average Bonchev–Trinajstić information content (AvgIpc) is 2.43. The summed E-state index contributed by atoms with van der Waals surface area (Å²) >= 11 is 0. The number of non-ortho nitro benzene ring substituents is 1. The van der Waals surface area contributed by atoms with E-state index in [1.807, 2.05) is 0 Å². The van der Waals surface area contributed by atoms with Gasteiger partial charge < -0.3 is 9.84 Å². The van der Waals surface area contributed by atoms with E-state index in [1.165, 1.54) is 0 Å². The van der Waals surface area contributed by atoms with Crippen LogP contribution in [0.15, 0.2) is 23.2 Å². The number of amidine groups is 1. The number of nitrogens with one attached hydrogen (secondary N) is 1. The minimum atomic E-state index is -3.73. The number of alkyl halides is 2. The molecular weight excluding hydrogens is 323 g/mol. The second-order valence-electron chi connectivity index (χ2n) is 4.81. The Kier molecular flexibility index (Phi) is 3.89. The molecule has 124 valence electrons. The van der Waals surface area contributed by atoms with Crippen LogP contribution in [0.1, 0.15) is 12.5 Å². The van der Waals surface area contributed by atoms with Gasteiger partial charge in [0.15, 0.2) is 0 Å². The van der Waals surface area contributed by atoms with Crippen molar-refractivity contribution in [2.45, 2.75) is 18.4 Å². The molecule has 8 nitrogen and oxygen atoms in total. The van der Waals surface area contributed by atoms with Gasteiger partial charge in [0, 0.05) is 17.7 Å². The number of carboxylic acid groups (broad SMARTS) is 1. The molecule has 0 unspecified atom stereocenters. The SMILES string of the molecule is C[C@]1(c2cc([N+](=O)[O-])ccc2F)OC(NC(=O)O)=NCC1(F)F. The molecule has 1 aliphatic rings. The summed E-state index contributed by atoms with van der Waals surface area (Å²) < 4.78 is 47.3. The molecule has 1 aromatic carbocycles. The van der Waals surface area contributed by atoms with Crippen LogP contribution < -0.4 is 5.32 Å². The first-order chi connectivity index (χ1) is 10.6. The number of hydrogen-bond donors (Lipinski definition) is 2. The summed E-state index contributed by atoms with van der Waals surface area (Å²) in [6, 6.07) is 1.34. The molecule has 0 spiro atoms. The van der Waals surface area contributed by atoms with E-state index >= 15 is 0 Å². The fourth-order valence-electron chi connectivity index (χ4n) is 2.02. The summed E-state index contributed by atoms with van der Waals surface area (Å²) in [6.07, 6.45) is -1.61. The molecular formula is C12H10F3N3O5. The van der Waals surface area contributed by atoms with Gasteiger partial charge in [-0.2, -0.15) is 8.78 Å². The van der Waals surface area contributed by atoms with Crippen LogP contribution in [0.5, 0.6) is 0 Å². The second kappa shape index (κ2) is 5.41. The first-order valence-electron chi connectivity index (χ1n) is 6.12. The van der Waals surface area contributed by atoms with Crippen molar-refractivity contribution in [2.24, 2.45) is 4.99 Å². The minimum absolute atomic E-state index is 0.614. The van der Waals surface area contributed by atoms with Crippen LogP contribution in [0.4, 0.5) is 23.7 Å². The number of carbonyl (C=O) groups is 1. The van der Waals surface area contributed by atoms with E-state index < -0.39 is 52.2 Å². The number of benzene rings is 1. The molecule has 0 fully saturated rings. The molecule has 0 aromatic heterocycles. The van der Waals surface area contributed by atoms with Gasteiger partial charge in [-0.3, -0.25) is 10.1 Å².